The van der Waals surface area contributed by atoms with Crippen molar-refractivity contribution in [2.45, 2.75) is 25.8 Å². The van der Waals surface area contributed by atoms with E-state index in [1.807, 2.05) is 6.92 Å². The third-order valence-electron chi connectivity index (χ3n) is 2.42. The van der Waals surface area contributed by atoms with Crippen LogP contribution in [0.3, 0.4) is 0 Å². The second-order valence-corrected chi connectivity index (χ2v) is 3.71. The van der Waals surface area contributed by atoms with Gasteiger partial charge in [-0.3, -0.25) is 0 Å². The van der Waals surface area contributed by atoms with E-state index in [1.165, 1.54) is 6.33 Å². The van der Waals surface area contributed by atoms with Crippen LogP contribution >= 0.6 is 0 Å². The van der Waals surface area contributed by atoms with Gasteiger partial charge in [-0.15, -0.1) is 0 Å². The highest BCUT2D eigenvalue weighted by Crippen LogP contribution is 2.14. The number of aromatic nitrogens is 2. The standard InChI is InChI=1S/C11H19FN4O/c1-3-9-10(12)11(15-7-14-9)16-8(4-5-13)6-17-2/h7-8H,3-6,13H2,1-2H3,(H,14,15,16). The minimum absolute atomic E-state index is 0.0425. The molecule has 0 spiro atoms. The zero-order valence-electron chi connectivity index (χ0n) is 10.2. The van der Waals surface area contributed by atoms with E-state index in [4.69, 9.17) is 10.5 Å². The summed E-state index contributed by atoms with van der Waals surface area (Å²) in [6, 6.07) is -0.0425. The lowest BCUT2D eigenvalue weighted by atomic mass is 10.2. The molecule has 1 atom stereocenters. The summed E-state index contributed by atoms with van der Waals surface area (Å²) in [6.45, 7) is 2.82. The number of anilines is 1. The average molecular weight is 242 g/mol. The van der Waals surface area contributed by atoms with Crippen LogP contribution in [0.4, 0.5) is 10.2 Å². The monoisotopic (exact) mass is 242 g/mol. The Morgan fingerprint density at radius 2 is 2.29 bits per heavy atom. The Balaban J connectivity index is 2.77. The summed E-state index contributed by atoms with van der Waals surface area (Å²) >= 11 is 0. The first-order chi connectivity index (χ1) is 8.22. The van der Waals surface area contributed by atoms with Crippen LogP contribution in [0.5, 0.6) is 0 Å². The number of methoxy groups -OCH3 is 1. The molecule has 0 aliphatic carbocycles. The second-order valence-electron chi connectivity index (χ2n) is 3.71. The quantitative estimate of drug-likeness (QED) is 0.745. The van der Waals surface area contributed by atoms with Gasteiger partial charge in [0, 0.05) is 7.11 Å². The molecule has 17 heavy (non-hydrogen) atoms. The molecule has 0 amide bonds. The van der Waals surface area contributed by atoms with Crippen molar-refractivity contribution in [1.29, 1.82) is 0 Å². The van der Waals surface area contributed by atoms with Gasteiger partial charge in [0.25, 0.3) is 0 Å². The van der Waals surface area contributed by atoms with Crippen LogP contribution in [0, 0.1) is 5.82 Å². The number of halogens is 1. The van der Waals surface area contributed by atoms with E-state index in [-0.39, 0.29) is 11.9 Å². The molecule has 5 nitrogen and oxygen atoms in total. The number of hydrogen-bond acceptors (Lipinski definition) is 5. The van der Waals surface area contributed by atoms with Gasteiger partial charge >= 0.3 is 0 Å². The van der Waals surface area contributed by atoms with Gasteiger partial charge in [0.1, 0.15) is 6.33 Å². The molecule has 1 aromatic heterocycles. The number of nitrogens with zero attached hydrogens (tertiary/aromatic N) is 2. The number of ether oxygens (including phenoxy) is 1. The van der Waals surface area contributed by atoms with Crippen molar-refractivity contribution in [3.05, 3.63) is 17.8 Å². The summed E-state index contributed by atoms with van der Waals surface area (Å²) in [7, 11) is 1.60. The Hall–Kier alpha value is -1.27. The predicted octanol–water partition coefficient (Wildman–Crippen LogP) is 0.954. The van der Waals surface area contributed by atoms with E-state index in [2.05, 4.69) is 15.3 Å². The van der Waals surface area contributed by atoms with Crippen LogP contribution < -0.4 is 11.1 Å². The van der Waals surface area contributed by atoms with Crippen molar-refractivity contribution in [1.82, 2.24) is 9.97 Å². The van der Waals surface area contributed by atoms with Crippen LogP contribution in [-0.4, -0.2) is 36.3 Å². The van der Waals surface area contributed by atoms with E-state index in [0.29, 0.717) is 31.7 Å². The van der Waals surface area contributed by atoms with Crippen molar-refractivity contribution in [3.8, 4) is 0 Å². The van der Waals surface area contributed by atoms with Gasteiger partial charge in [-0.2, -0.15) is 0 Å². The van der Waals surface area contributed by atoms with Crippen molar-refractivity contribution in [2.24, 2.45) is 5.73 Å². The number of nitrogens with one attached hydrogen (secondary N) is 1. The minimum atomic E-state index is -0.395. The number of aryl methyl sites for hydroxylation is 1. The normalized spacial score (nSPS) is 12.5. The average Bonchev–Trinajstić information content (AvgIpc) is 2.32. The molecule has 1 heterocycles. The Kier molecular flexibility index (Phi) is 5.79. The van der Waals surface area contributed by atoms with Crippen molar-refractivity contribution >= 4 is 5.82 Å². The molecule has 0 aliphatic rings. The van der Waals surface area contributed by atoms with E-state index >= 15 is 0 Å². The lowest BCUT2D eigenvalue weighted by Gasteiger charge is -2.18. The molecule has 1 aromatic rings. The fourth-order valence-corrected chi connectivity index (χ4v) is 1.55. The predicted molar refractivity (Wildman–Crippen MR) is 64.3 cm³/mol. The summed E-state index contributed by atoms with van der Waals surface area (Å²) in [6.07, 6.45) is 2.59. The Morgan fingerprint density at radius 1 is 1.53 bits per heavy atom. The zero-order chi connectivity index (χ0) is 12.7. The fraction of sp³-hybridized carbons (Fsp3) is 0.636. The second kappa shape index (κ2) is 7.13. The maximum Gasteiger partial charge on any atom is 0.186 e. The number of hydrogen-bond donors (Lipinski definition) is 2. The lowest BCUT2D eigenvalue weighted by molar-refractivity contribution is 0.183. The first kappa shape index (κ1) is 13.8. The smallest absolute Gasteiger partial charge is 0.186 e. The van der Waals surface area contributed by atoms with Crippen molar-refractivity contribution < 1.29 is 9.13 Å². The van der Waals surface area contributed by atoms with Gasteiger partial charge in [-0.25, -0.2) is 14.4 Å². The maximum absolute atomic E-state index is 13.9. The molecule has 6 heteroatoms. The molecule has 1 unspecified atom stereocenters. The topological polar surface area (TPSA) is 73.1 Å². The molecule has 0 aliphatic heterocycles. The van der Waals surface area contributed by atoms with Gasteiger partial charge < -0.3 is 15.8 Å². The molecule has 0 saturated heterocycles. The number of nitrogens with two attached hydrogens (primary N) is 1. The largest absolute Gasteiger partial charge is 0.383 e. The minimum Gasteiger partial charge on any atom is -0.383 e. The van der Waals surface area contributed by atoms with Gasteiger partial charge in [-0.05, 0) is 19.4 Å². The van der Waals surface area contributed by atoms with Crippen LogP contribution in [0.2, 0.25) is 0 Å². The molecule has 3 N–H and O–H groups in total. The Labute approximate surface area is 101 Å². The summed E-state index contributed by atoms with van der Waals surface area (Å²) < 4.78 is 18.9. The Bertz CT molecular complexity index is 342. The van der Waals surface area contributed by atoms with Crippen LogP contribution in [-0.2, 0) is 11.2 Å². The lowest BCUT2D eigenvalue weighted by Crippen LogP contribution is -2.29. The number of rotatable bonds is 7. The molecular formula is C11H19FN4O. The van der Waals surface area contributed by atoms with E-state index < -0.39 is 5.82 Å². The van der Waals surface area contributed by atoms with Crippen LogP contribution in [0.15, 0.2) is 6.33 Å². The molecule has 1 rings (SSSR count). The molecular weight excluding hydrogens is 223 g/mol. The van der Waals surface area contributed by atoms with Gasteiger partial charge in [0.15, 0.2) is 11.6 Å². The molecule has 0 fully saturated rings. The molecule has 0 aromatic carbocycles. The van der Waals surface area contributed by atoms with Crippen molar-refractivity contribution in [3.63, 3.8) is 0 Å². The summed E-state index contributed by atoms with van der Waals surface area (Å²) in [5, 5.41) is 2.99. The molecule has 0 radical (unpaired) electrons. The molecule has 0 bridgehead atoms. The van der Waals surface area contributed by atoms with Crippen LogP contribution in [0.1, 0.15) is 19.0 Å². The Morgan fingerprint density at radius 3 is 2.88 bits per heavy atom. The fourth-order valence-electron chi connectivity index (χ4n) is 1.55. The summed E-state index contributed by atoms with van der Waals surface area (Å²) in [5.74, 6) is -0.180. The van der Waals surface area contributed by atoms with Gasteiger partial charge in [0.2, 0.25) is 0 Å². The van der Waals surface area contributed by atoms with E-state index in [0.717, 1.165) is 0 Å². The third kappa shape index (κ3) is 3.90. The van der Waals surface area contributed by atoms with E-state index in [9.17, 15) is 4.39 Å². The highest BCUT2D eigenvalue weighted by atomic mass is 19.1. The SMILES string of the molecule is CCc1ncnc(NC(CCN)COC)c1F. The maximum atomic E-state index is 13.9. The first-order valence-electron chi connectivity index (χ1n) is 5.67. The third-order valence-corrected chi connectivity index (χ3v) is 2.42. The van der Waals surface area contributed by atoms with Crippen molar-refractivity contribution in [2.75, 3.05) is 25.6 Å². The summed E-state index contributed by atoms with van der Waals surface area (Å²) in [5.41, 5.74) is 5.89. The first-order valence-corrected chi connectivity index (χ1v) is 5.67. The summed E-state index contributed by atoms with van der Waals surface area (Å²) in [4.78, 5) is 7.77. The van der Waals surface area contributed by atoms with Crippen LogP contribution in [0.25, 0.3) is 0 Å². The van der Waals surface area contributed by atoms with Gasteiger partial charge in [0.05, 0.1) is 18.3 Å². The highest BCUT2D eigenvalue weighted by Gasteiger charge is 2.14. The molecule has 96 valence electrons. The molecule has 0 saturated carbocycles. The van der Waals surface area contributed by atoms with Gasteiger partial charge in [-0.1, -0.05) is 6.92 Å². The van der Waals surface area contributed by atoms with E-state index in [1.54, 1.807) is 7.11 Å². The zero-order valence-corrected chi connectivity index (χ0v) is 10.2. The highest BCUT2D eigenvalue weighted by molar-refractivity contribution is 5.38.